The minimum Gasteiger partial charge on any atom is -0.489 e. The van der Waals surface area contributed by atoms with Gasteiger partial charge in [0.2, 0.25) is 0 Å². The first-order chi connectivity index (χ1) is 18.2. The highest BCUT2D eigenvalue weighted by atomic mass is 32.1. The van der Waals surface area contributed by atoms with Gasteiger partial charge in [-0.1, -0.05) is 6.42 Å². The predicted octanol–water partition coefficient (Wildman–Crippen LogP) is 6.71. The minimum atomic E-state index is 0.270. The number of aromatic nitrogens is 7. The van der Waals surface area contributed by atoms with Crippen LogP contribution in [0.1, 0.15) is 37.0 Å². The van der Waals surface area contributed by atoms with E-state index in [2.05, 4.69) is 44.2 Å². The van der Waals surface area contributed by atoms with Crippen molar-refractivity contribution in [3.05, 3.63) is 59.9 Å². The molecule has 0 aromatic carbocycles. The molecule has 9 heteroatoms. The number of nitrogens with one attached hydrogen (secondary N) is 2. The fraction of sp³-hybridized carbons (Fsp3) is 0.250. The molecule has 1 saturated carbocycles. The SMILES string of the molecule is Cc1ccc(-c2ccnc3nc(-c4n[nH]c5ccc(-c6cncc(OC7CCCCC7)c6)nc45)[nH]c23)s1. The molecule has 2 N–H and O–H groups in total. The van der Waals surface area contributed by atoms with Crippen molar-refractivity contribution in [3.8, 4) is 39.0 Å². The van der Waals surface area contributed by atoms with E-state index >= 15 is 0 Å². The van der Waals surface area contributed by atoms with Crippen molar-refractivity contribution in [3.63, 3.8) is 0 Å². The lowest BCUT2D eigenvalue weighted by Crippen LogP contribution is -2.19. The molecule has 0 aliphatic heterocycles. The summed E-state index contributed by atoms with van der Waals surface area (Å²) in [7, 11) is 0. The summed E-state index contributed by atoms with van der Waals surface area (Å²) in [4.78, 5) is 24.5. The van der Waals surface area contributed by atoms with Gasteiger partial charge in [0, 0.05) is 33.3 Å². The van der Waals surface area contributed by atoms with E-state index < -0.39 is 0 Å². The molecule has 6 aromatic rings. The lowest BCUT2D eigenvalue weighted by Gasteiger charge is -2.22. The molecule has 0 saturated heterocycles. The number of rotatable bonds is 5. The first kappa shape index (κ1) is 22.1. The smallest absolute Gasteiger partial charge is 0.178 e. The summed E-state index contributed by atoms with van der Waals surface area (Å²) in [6.07, 6.45) is 11.6. The van der Waals surface area contributed by atoms with Gasteiger partial charge < -0.3 is 9.72 Å². The standard InChI is InChI=1S/C28H25N7OS/c1-16-7-10-23(37-16)20-11-12-30-27-24(20)32-28(33-27)26-25-22(34-35-26)9-8-21(31-25)17-13-19(15-29-14-17)36-18-5-3-2-4-6-18/h7-15,18H,2-6H2,1H3,(H,34,35)(H,30,32,33). The zero-order chi connectivity index (χ0) is 24.8. The van der Waals surface area contributed by atoms with Crippen LogP contribution in [0.3, 0.4) is 0 Å². The third-order valence-electron chi connectivity index (χ3n) is 6.89. The topological polar surface area (TPSA) is 105 Å². The van der Waals surface area contributed by atoms with Gasteiger partial charge in [-0.3, -0.25) is 10.1 Å². The highest BCUT2D eigenvalue weighted by Crippen LogP contribution is 2.34. The zero-order valence-electron chi connectivity index (χ0n) is 20.4. The van der Waals surface area contributed by atoms with Crippen LogP contribution in [-0.2, 0) is 0 Å². The van der Waals surface area contributed by atoms with Gasteiger partial charge in [-0.15, -0.1) is 11.3 Å². The molecule has 1 aliphatic rings. The Morgan fingerprint density at radius 1 is 1.00 bits per heavy atom. The molecule has 0 spiro atoms. The largest absolute Gasteiger partial charge is 0.489 e. The molecule has 0 unspecified atom stereocenters. The number of pyridine rings is 3. The van der Waals surface area contributed by atoms with Crippen molar-refractivity contribution in [2.24, 2.45) is 0 Å². The quantitative estimate of drug-likeness (QED) is 0.269. The van der Waals surface area contributed by atoms with Crippen LogP contribution in [0, 0.1) is 6.92 Å². The molecule has 8 nitrogen and oxygen atoms in total. The number of hydrogen-bond donors (Lipinski definition) is 2. The van der Waals surface area contributed by atoms with Crippen LogP contribution in [0.25, 0.3) is 55.4 Å². The Morgan fingerprint density at radius 3 is 2.78 bits per heavy atom. The molecule has 0 bridgehead atoms. The normalized spacial score (nSPS) is 14.5. The number of H-pyrrole nitrogens is 2. The molecule has 184 valence electrons. The molecule has 0 radical (unpaired) electrons. The Hall–Kier alpha value is -4.11. The van der Waals surface area contributed by atoms with Gasteiger partial charge in [-0.05, 0) is 69.0 Å². The summed E-state index contributed by atoms with van der Waals surface area (Å²) < 4.78 is 6.24. The number of fused-ring (bicyclic) bond motifs is 2. The number of aromatic amines is 2. The van der Waals surface area contributed by atoms with E-state index in [1.165, 1.54) is 29.0 Å². The zero-order valence-corrected chi connectivity index (χ0v) is 21.2. The maximum absolute atomic E-state index is 6.24. The maximum atomic E-state index is 6.24. The number of aryl methyl sites for hydroxylation is 1. The lowest BCUT2D eigenvalue weighted by molar-refractivity contribution is 0.154. The third-order valence-corrected chi connectivity index (χ3v) is 7.93. The number of thiophene rings is 1. The summed E-state index contributed by atoms with van der Waals surface area (Å²) >= 11 is 1.75. The number of hydrogen-bond acceptors (Lipinski definition) is 7. The Balaban J connectivity index is 1.26. The fourth-order valence-electron chi connectivity index (χ4n) is 5.03. The minimum absolute atomic E-state index is 0.270. The highest BCUT2D eigenvalue weighted by molar-refractivity contribution is 7.15. The first-order valence-electron chi connectivity index (χ1n) is 12.6. The van der Waals surface area contributed by atoms with E-state index in [0.717, 1.165) is 52.0 Å². The Bertz CT molecular complexity index is 1730. The Kier molecular flexibility index (Phi) is 5.43. The van der Waals surface area contributed by atoms with Gasteiger partial charge in [-0.2, -0.15) is 5.10 Å². The summed E-state index contributed by atoms with van der Waals surface area (Å²) in [5.41, 5.74) is 6.57. The highest BCUT2D eigenvalue weighted by Gasteiger charge is 2.19. The van der Waals surface area contributed by atoms with Gasteiger partial charge in [0.05, 0.1) is 29.0 Å². The number of imidazole rings is 1. The molecule has 0 atom stereocenters. The second kappa shape index (κ2) is 9.08. The predicted molar refractivity (Wildman–Crippen MR) is 146 cm³/mol. The number of ether oxygens (including phenoxy) is 1. The molecule has 6 heterocycles. The molecule has 1 aliphatic carbocycles. The van der Waals surface area contributed by atoms with Gasteiger partial charge in [-0.25, -0.2) is 15.0 Å². The maximum Gasteiger partial charge on any atom is 0.178 e. The van der Waals surface area contributed by atoms with Gasteiger partial charge in [0.1, 0.15) is 11.3 Å². The van der Waals surface area contributed by atoms with Crippen LogP contribution in [0.2, 0.25) is 0 Å². The van der Waals surface area contributed by atoms with E-state index in [-0.39, 0.29) is 6.10 Å². The Morgan fingerprint density at radius 2 is 1.92 bits per heavy atom. The van der Waals surface area contributed by atoms with Gasteiger partial charge in [0.15, 0.2) is 17.2 Å². The van der Waals surface area contributed by atoms with Crippen molar-refractivity contribution in [2.45, 2.75) is 45.1 Å². The van der Waals surface area contributed by atoms with Crippen LogP contribution < -0.4 is 4.74 Å². The van der Waals surface area contributed by atoms with Crippen LogP contribution in [-0.4, -0.2) is 41.2 Å². The van der Waals surface area contributed by atoms with Crippen LogP contribution in [0.4, 0.5) is 0 Å². The van der Waals surface area contributed by atoms with Crippen molar-refractivity contribution in [1.29, 1.82) is 0 Å². The van der Waals surface area contributed by atoms with Gasteiger partial charge >= 0.3 is 0 Å². The molecular formula is C28H25N7OS. The summed E-state index contributed by atoms with van der Waals surface area (Å²) in [6, 6.07) is 12.3. The molecule has 6 aromatic heterocycles. The average molecular weight is 508 g/mol. The second-order valence-electron chi connectivity index (χ2n) is 9.50. The summed E-state index contributed by atoms with van der Waals surface area (Å²) in [6.45, 7) is 2.11. The fourth-order valence-corrected chi connectivity index (χ4v) is 5.93. The van der Waals surface area contributed by atoms with E-state index in [1.54, 1.807) is 23.7 Å². The first-order valence-corrected chi connectivity index (χ1v) is 13.4. The van der Waals surface area contributed by atoms with E-state index in [9.17, 15) is 0 Å². The third kappa shape index (κ3) is 4.15. The van der Waals surface area contributed by atoms with Crippen molar-refractivity contribution < 1.29 is 4.74 Å². The molecule has 7 rings (SSSR count). The average Bonchev–Trinajstić information content (AvgIpc) is 3.66. The molecule has 1 fully saturated rings. The van der Waals surface area contributed by atoms with E-state index in [1.807, 2.05) is 30.5 Å². The van der Waals surface area contributed by atoms with E-state index in [4.69, 9.17) is 14.7 Å². The molecular weight excluding hydrogens is 482 g/mol. The summed E-state index contributed by atoms with van der Waals surface area (Å²) in [5, 5.41) is 7.64. The van der Waals surface area contributed by atoms with Crippen LogP contribution in [0.5, 0.6) is 5.75 Å². The summed E-state index contributed by atoms with van der Waals surface area (Å²) in [5.74, 6) is 1.42. The second-order valence-corrected chi connectivity index (χ2v) is 10.8. The van der Waals surface area contributed by atoms with Gasteiger partial charge in [0.25, 0.3) is 0 Å². The van der Waals surface area contributed by atoms with Crippen molar-refractivity contribution in [2.75, 3.05) is 0 Å². The monoisotopic (exact) mass is 507 g/mol. The van der Waals surface area contributed by atoms with Crippen molar-refractivity contribution >= 4 is 33.5 Å². The molecule has 0 amide bonds. The van der Waals surface area contributed by atoms with E-state index in [0.29, 0.717) is 17.2 Å². The van der Waals surface area contributed by atoms with Crippen LogP contribution in [0.15, 0.2) is 55.0 Å². The molecule has 37 heavy (non-hydrogen) atoms. The Labute approximate surface area is 217 Å². The number of nitrogens with zero attached hydrogens (tertiary/aromatic N) is 5. The van der Waals surface area contributed by atoms with Crippen molar-refractivity contribution in [1.82, 2.24) is 35.1 Å². The lowest BCUT2D eigenvalue weighted by atomic mass is 9.98. The van der Waals surface area contributed by atoms with Crippen LogP contribution >= 0.6 is 11.3 Å².